The van der Waals surface area contributed by atoms with Crippen LogP contribution in [0.15, 0.2) is 36.5 Å². The second-order valence-electron chi connectivity index (χ2n) is 3.30. The zero-order valence-corrected chi connectivity index (χ0v) is 8.14. The Morgan fingerprint density at radius 3 is 2.25 bits per heavy atom. The highest BCUT2D eigenvalue weighted by Crippen LogP contribution is 2.12. The summed E-state index contributed by atoms with van der Waals surface area (Å²) in [5, 5.41) is 18.1. The van der Waals surface area contributed by atoms with Crippen LogP contribution in [0.4, 0.5) is 8.78 Å². The molecule has 2 aromatic rings. The second-order valence-corrected chi connectivity index (χ2v) is 3.30. The van der Waals surface area contributed by atoms with E-state index in [1.165, 1.54) is 16.8 Å². The minimum Gasteiger partial charge on any atom is -0.422 e. The summed E-state index contributed by atoms with van der Waals surface area (Å²) in [5.41, 5.74) is 0.343. The van der Waals surface area contributed by atoms with Crippen molar-refractivity contribution < 1.29 is 18.8 Å². The first kappa shape index (κ1) is 10.8. The lowest BCUT2D eigenvalue weighted by atomic mass is 9.86. The standard InChI is InChI=1S/C10H8BF2NO2/c12-7-4-8(13)6-9(5-7)14-3-1-2-10(14)11(15)16/h1-6,15-16H. The van der Waals surface area contributed by atoms with Gasteiger partial charge in [0.15, 0.2) is 0 Å². The second kappa shape index (κ2) is 4.07. The molecule has 0 atom stereocenters. The number of aromatic nitrogens is 1. The fourth-order valence-corrected chi connectivity index (χ4v) is 1.52. The van der Waals surface area contributed by atoms with E-state index in [0.717, 1.165) is 18.2 Å². The van der Waals surface area contributed by atoms with Gasteiger partial charge in [-0.3, -0.25) is 0 Å². The molecular formula is C10H8BF2NO2. The first-order valence-electron chi connectivity index (χ1n) is 4.58. The smallest absolute Gasteiger partial charge is 0.422 e. The summed E-state index contributed by atoms with van der Waals surface area (Å²) < 4.78 is 27.3. The molecule has 1 aromatic heterocycles. The van der Waals surface area contributed by atoms with Crippen molar-refractivity contribution in [2.24, 2.45) is 0 Å². The van der Waals surface area contributed by atoms with E-state index in [4.69, 9.17) is 10.0 Å². The van der Waals surface area contributed by atoms with Gasteiger partial charge >= 0.3 is 7.12 Å². The van der Waals surface area contributed by atoms with E-state index in [-0.39, 0.29) is 11.3 Å². The van der Waals surface area contributed by atoms with E-state index < -0.39 is 18.8 Å². The van der Waals surface area contributed by atoms with Gasteiger partial charge in [-0.05, 0) is 24.3 Å². The van der Waals surface area contributed by atoms with Crippen molar-refractivity contribution in [3.63, 3.8) is 0 Å². The summed E-state index contributed by atoms with van der Waals surface area (Å²) in [6, 6.07) is 5.97. The van der Waals surface area contributed by atoms with E-state index in [9.17, 15) is 8.78 Å². The first-order valence-corrected chi connectivity index (χ1v) is 4.58. The van der Waals surface area contributed by atoms with Crippen LogP contribution in [0, 0.1) is 11.6 Å². The van der Waals surface area contributed by atoms with Gasteiger partial charge in [-0.25, -0.2) is 8.78 Å². The van der Waals surface area contributed by atoms with Crippen molar-refractivity contribution >= 4 is 12.7 Å². The number of benzene rings is 1. The van der Waals surface area contributed by atoms with E-state index in [1.807, 2.05) is 0 Å². The van der Waals surface area contributed by atoms with Crippen LogP contribution in [0.5, 0.6) is 0 Å². The van der Waals surface area contributed by atoms with Gasteiger partial charge in [-0.1, -0.05) is 0 Å². The molecule has 82 valence electrons. The van der Waals surface area contributed by atoms with Crippen LogP contribution < -0.4 is 5.59 Å². The summed E-state index contributed by atoms with van der Waals surface area (Å²) in [4.78, 5) is 0. The molecule has 0 radical (unpaired) electrons. The molecule has 0 saturated carbocycles. The Morgan fingerprint density at radius 1 is 1.06 bits per heavy atom. The van der Waals surface area contributed by atoms with Gasteiger partial charge in [0.25, 0.3) is 0 Å². The third kappa shape index (κ3) is 1.98. The largest absolute Gasteiger partial charge is 0.506 e. The molecule has 0 unspecified atom stereocenters. The third-order valence-electron chi connectivity index (χ3n) is 2.17. The van der Waals surface area contributed by atoms with Gasteiger partial charge in [0.2, 0.25) is 0 Å². The van der Waals surface area contributed by atoms with Crippen LogP contribution >= 0.6 is 0 Å². The molecule has 0 aliphatic heterocycles. The lowest BCUT2D eigenvalue weighted by Gasteiger charge is -2.08. The van der Waals surface area contributed by atoms with Crippen LogP contribution in [0.1, 0.15) is 0 Å². The normalized spacial score (nSPS) is 10.5. The third-order valence-corrected chi connectivity index (χ3v) is 2.17. The number of hydrogen-bond acceptors (Lipinski definition) is 2. The Bertz CT molecular complexity index is 493. The Kier molecular flexibility index (Phi) is 2.76. The van der Waals surface area contributed by atoms with Gasteiger partial charge in [0, 0.05) is 12.3 Å². The van der Waals surface area contributed by atoms with E-state index in [2.05, 4.69) is 0 Å². The monoisotopic (exact) mass is 223 g/mol. The highest BCUT2D eigenvalue weighted by molar-refractivity contribution is 6.57. The zero-order chi connectivity index (χ0) is 11.7. The van der Waals surface area contributed by atoms with Crippen LogP contribution in [0.25, 0.3) is 5.69 Å². The van der Waals surface area contributed by atoms with Crippen molar-refractivity contribution in [1.29, 1.82) is 0 Å². The number of rotatable bonds is 2. The van der Waals surface area contributed by atoms with E-state index >= 15 is 0 Å². The molecule has 2 N–H and O–H groups in total. The summed E-state index contributed by atoms with van der Waals surface area (Å²) in [6.07, 6.45) is 1.49. The minimum absolute atomic E-state index is 0.144. The molecule has 0 bridgehead atoms. The lowest BCUT2D eigenvalue weighted by molar-refractivity contribution is 0.423. The van der Waals surface area contributed by atoms with Crippen molar-refractivity contribution in [3.05, 3.63) is 48.2 Å². The fraction of sp³-hybridized carbons (Fsp3) is 0. The van der Waals surface area contributed by atoms with Gasteiger partial charge in [-0.15, -0.1) is 0 Å². The zero-order valence-electron chi connectivity index (χ0n) is 8.14. The maximum atomic E-state index is 13.0. The van der Waals surface area contributed by atoms with Gasteiger partial charge in [0.1, 0.15) is 11.6 Å². The first-order chi connectivity index (χ1) is 7.58. The van der Waals surface area contributed by atoms with Gasteiger partial charge in [0.05, 0.1) is 11.3 Å². The predicted octanol–water partition coefficient (Wildman–Crippen LogP) is 0.435. The van der Waals surface area contributed by atoms with Crippen LogP contribution in [0.2, 0.25) is 0 Å². The molecule has 16 heavy (non-hydrogen) atoms. The Morgan fingerprint density at radius 2 is 1.69 bits per heavy atom. The Labute approximate surface area is 90.7 Å². The summed E-state index contributed by atoms with van der Waals surface area (Å²) in [6.45, 7) is 0. The topological polar surface area (TPSA) is 45.4 Å². The summed E-state index contributed by atoms with van der Waals surface area (Å²) in [5.74, 6) is -1.44. The average Bonchev–Trinajstić information content (AvgIpc) is 2.63. The highest BCUT2D eigenvalue weighted by atomic mass is 19.1. The number of nitrogens with zero attached hydrogens (tertiary/aromatic N) is 1. The minimum atomic E-state index is -1.69. The van der Waals surface area contributed by atoms with Crippen molar-refractivity contribution in [1.82, 2.24) is 4.57 Å². The summed E-state index contributed by atoms with van der Waals surface area (Å²) >= 11 is 0. The molecule has 6 heteroatoms. The van der Waals surface area contributed by atoms with Crippen LogP contribution in [-0.2, 0) is 0 Å². The molecule has 3 nitrogen and oxygen atoms in total. The lowest BCUT2D eigenvalue weighted by Crippen LogP contribution is -2.35. The molecule has 1 heterocycles. The average molecular weight is 223 g/mol. The molecule has 0 aliphatic carbocycles. The molecule has 2 rings (SSSR count). The molecule has 0 aliphatic rings. The van der Waals surface area contributed by atoms with Gasteiger partial charge in [-0.2, -0.15) is 0 Å². The van der Waals surface area contributed by atoms with Crippen molar-refractivity contribution in [2.75, 3.05) is 0 Å². The molecule has 0 amide bonds. The predicted molar refractivity (Wildman–Crippen MR) is 55.5 cm³/mol. The quantitative estimate of drug-likeness (QED) is 0.725. The Hall–Kier alpha value is -1.66. The molecule has 1 aromatic carbocycles. The highest BCUT2D eigenvalue weighted by Gasteiger charge is 2.16. The van der Waals surface area contributed by atoms with Crippen molar-refractivity contribution in [3.8, 4) is 5.69 Å². The van der Waals surface area contributed by atoms with Gasteiger partial charge < -0.3 is 14.6 Å². The molecule has 0 fully saturated rings. The van der Waals surface area contributed by atoms with E-state index in [1.54, 1.807) is 6.07 Å². The molecular weight excluding hydrogens is 215 g/mol. The Balaban J connectivity index is 2.54. The fourth-order valence-electron chi connectivity index (χ4n) is 1.52. The van der Waals surface area contributed by atoms with Crippen molar-refractivity contribution in [2.45, 2.75) is 0 Å². The SMILES string of the molecule is OB(O)c1cccn1-c1cc(F)cc(F)c1. The van der Waals surface area contributed by atoms with Crippen LogP contribution in [-0.4, -0.2) is 21.7 Å². The van der Waals surface area contributed by atoms with Crippen LogP contribution in [0.3, 0.4) is 0 Å². The molecule has 0 saturated heterocycles. The number of hydrogen-bond donors (Lipinski definition) is 2. The number of halogens is 2. The maximum Gasteiger partial charge on any atom is 0.506 e. The molecule has 0 spiro atoms. The van der Waals surface area contributed by atoms with E-state index in [0.29, 0.717) is 0 Å². The summed E-state index contributed by atoms with van der Waals surface area (Å²) in [7, 11) is -1.69. The maximum absolute atomic E-state index is 13.0.